The fourth-order valence-electron chi connectivity index (χ4n) is 3.66. The topological polar surface area (TPSA) is 116 Å². The van der Waals surface area contributed by atoms with Crippen LogP contribution in [0.5, 0.6) is 5.75 Å². The van der Waals surface area contributed by atoms with Crippen molar-refractivity contribution in [3.8, 4) is 5.75 Å². The first-order valence-corrected chi connectivity index (χ1v) is 7.50. The maximum atomic E-state index is 11.1. The number of nitrogens with two attached hydrogens (primary N) is 1. The molecule has 0 saturated carbocycles. The summed E-state index contributed by atoms with van der Waals surface area (Å²) in [6.45, 7) is 2.51. The molecule has 1 unspecified atom stereocenters. The molecule has 1 amide bonds. The van der Waals surface area contributed by atoms with E-state index >= 15 is 0 Å². The standard InChI is InChI=1S/C15H19N3O5/c1-7-3-10-12(11(4-7)21-2)8(6-22-14(16)19)15(20)13-9(17-13)5-18(10)23-15/h3-4,8-9,13,17,20H,5-6H2,1-2H3,(H2,16,19)/t8-,9-,13-,15?/m1/s1. The van der Waals surface area contributed by atoms with Gasteiger partial charge in [0, 0.05) is 11.6 Å². The van der Waals surface area contributed by atoms with Crippen LogP contribution in [0, 0.1) is 6.92 Å². The number of amides is 1. The lowest BCUT2D eigenvalue weighted by molar-refractivity contribution is -0.247. The van der Waals surface area contributed by atoms with Gasteiger partial charge in [-0.15, -0.1) is 0 Å². The van der Waals surface area contributed by atoms with E-state index in [1.54, 1.807) is 12.2 Å². The molecule has 4 rings (SSSR count). The van der Waals surface area contributed by atoms with Gasteiger partial charge >= 0.3 is 6.09 Å². The highest BCUT2D eigenvalue weighted by Gasteiger charge is 2.65. The third-order valence-electron chi connectivity index (χ3n) is 4.74. The SMILES string of the molecule is COc1cc(C)cc2c1[C@@H](COC(N)=O)C1(O)ON2C[C@H]2N[C@H]21. The highest BCUT2D eigenvalue weighted by atomic mass is 16.8. The van der Waals surface area contributed by atoms with Gasteiger partial charge in [-0.25, -0.2) is 14.7 Å². The van der Waals surface area contributed by atoms with E-state index in [0.717, 1.165) is 16.8 Å². The van der Waals surface area contributed by atoms with Gasteiger partial charge in [0.2, 0.25) is 5.79 Å². The van der Waals surface area contributed by atoms with Crippen LogP contribution in [0.1, 0.15) is 17.0 Å². The van der Waals surface area contributed by atoms with E-state index in [2.05, 4.69) is 5.32 Å². The number of benzene rings is 1. The number of hydrogen-bond donors (Lipinski definition) is 3. The average Bonchev–Trinajstić information content (AvgIpc) is 3.27. The Bertz CT molecular complexity index is 681. The molecule has 3 heterocycles. The molecule has 3 aliphatic rings. The Balaban J connectivity index is 1.85. The van der Waals surface area contributed by atoms with Gasteiger partial charge in [-0.3, -0.25) is 0 Å². The Kier molecular flexibility index (Phi) is 2.99. The maximum Gasteiger partial charge on any atom is 0.404 e. The molecule has 8 nitrogen and oxygen atoms in total. The minimum absolute atomic E-state index is 0.0863. The predicted molar refractivity (Wildman–Crippen MR) is 80.1 cm³/mol. The Labute approximate surface area is 133 Å². The van der Waals surface area contributed by atoms with Crippen molar-refractivity contribution in [2.75, 3.05) is 25.3 Å². The lowest BCUT2D eigenvalue weighted by Gasteiger charge is -2.48. The summed E-state index contributed by atoms with van der Waals surface area (Å²) in [7, 11) is 1.57. The molecule has 0 radical (unpaired) electrons. The molecule has 4 atom stereocenters. The second kappa shape index (κ2) is 4.73. The van der Waals surface area contributed by atoms with Gasteiger partial charge in [-0.1, -0.05) is 0 Å². The van der Waals surface area contributed by atoms with E-state index in [9.17, 15) is 9.90 Å². The number of ether oxygens (including phenoxy) is 2. The van der Waals surface area contributed by atoms with Gasteiger partial charge in [0.15, 0.2) is 0 Å². The normalized spacial score (nSPS) is 33.5. The molecule has 0 aliphatic carbocycles. The van der Waals surface area contributed by atoms with Crippen molar-refractivity contribution in [3.05, 3.63) is 23.3 Å². The number of nitrogens with zero attached hydrogens (tertiary/aromatic N) is 1. The largest absolute Gasteiger partial charge is 0.496 e. The van der Waals surface area contributed by atoms with E-state index < -0.39 is 17.8 Å². The number of fused-ring (bicyclic) bond motifs is 6. The van der Waals surface area contributed by atoms with Gasteiger partial charge in [-0.2, -0.15) is 0 Å². The predicted octanol–water partition coefficient (Wildman–Crippen LogP) is -0.0233. The maximum absolute atomic E-state index is 11.1. The molecule has 2 fully saturated rings. The van der Waals surface area contributed by atoms with E-state index in [0.29, 0.717) is 12.3 Å². The Morgan fingerprint density at radius 3 is 3.09 bits per heavy atom. The lowest BCUT2D eigenvalue weighted by atomic mass is 9.82. The van der Waals surface area contributed by atoms with Crippen molar-refractivity contribution in [2.24, 2.45) is 5.73 Å². The zero-order chi connectivity index (χ0) is 16.4. The Hall–Kier alpha value is -2.03. The van der Waals surface area contributed by atoms with Crippen LogP contribution in [-0.2, 0) is 9.57 Å². The number of carbonyl (C=O) groups excluding carboxylic acids is 1. The summed E-state index contributed by atoms with van der Waals surface area (Å²) in [6, 6.07) is 3.79. The monoisotopic (exact) mass is 321 g/mol. The number of primary amides is 1. The second-order valence-electron chi connectivity index (χ2n) is 6.24. The van der Waals surface area contributed by atoms with E-state index in [-0.39, 0.29) is 18.7 Å². The summed E-state index contributed by atoms with van der Waals surface area (Å²) in [5, 5.41) is 16.0. The first-order chi connectivity index (χ1) is 10.9. The molecule has 23 heavy (non-hydrogen) atoms. The molecular weight excluding hydrogens is 302 g/mol. The van der Waals surface area contributed by atoms with Crippen LogP contribution in [0.15, 0.2) is 12.1 Å². The Morgan fingerprint density at radius 2 is 2.39 bits per heavy atom. The molecule has 2 saturated heterocycles. The first kappa shape index (κ1) is 14.6. The summed E-state index contributed by atoms with van der Waals surface area (Å²) in [6.07, 6.45) is -0.889. The summed E-state index contributed by atoms with van der Waals surface area (Å²) in [4.78, 5) is 16.9. The van der Waals surface area contributed by atoms with Crippen LogP contribution in [0.3, 0.4) is 0 Å². The molecule has 1 aromatic carbocycles. The second-order valence-corrected chi connectivity index (χ2v) is 6.24. The molecular formula is C15H19N3O5. The number of anilines is 1. The van der Waals surface area contributed by atoms with E-state index in [1.165, 1.54) is 0 Å². The van der Waals surface area contributed by atoms with Crippen LogP contribution in [0.2, 0.25) is 0 Å². The summed E-state index contributed by atoms with van der Waals surface area (Å²) in [5.74, 6) is -1.48. The highest BCUT2D eigenvalue weighted by Crippen LogP contribution is 2.53. The zero-order valence-corrected chi connectivity index (χ0v) is 12.9. The molecule has 2 bridgehead atoms. The first-order valence-electron chi connectivity index (χ1n) is 7.50. The molecule has 124 valence electrons. The zero-order valence-electron chi connectivity index (χ0n) is 12.9. The van der Waals surface area contributed by atoms with Gasteiger partial charge in [0.1, 0.15) is 12.4 Å². The number of methoxy groups -OCH3 is 1. The number of nitrogens with one attached hydrogen (secondary N) is 1. The molecule has 8 heteroatoms. The quantitative estimate of drug-likeness (QED) is 0.670. The molecule has 1 aromatic rings. The van der Waals surface area contributed by atoms with Crippen LogP contribution < -0.4 is 20.9 Å². The van der Waals surface area contributed by atoms with Crippen LogP contribution in [-0.4, -0.2) is 49.3 Å². The number of aryl methyl sites for hydroxylation is 1. The van der Waals surface area contributed by atoms with Gasteiger partial charge in [0.05, 0.1) is 31.3 Å². The van der Waals surface area contributed by atoms with Gasteiger partial charge < -0.3 is 25.6 Å². The fourth-order valence-corrected chi connectivity index (χ4v) is 3.66. The lowest BCUT2D eigenvalue weighted by Crippen LogP contribution is -2.59. The molecule has 0 aromatic heterocycles. The van der Waals surface area contributed by atoms with Crippen molar-refractivity contribution in [1.29, 1.82) is 0 Å². The van der Waals surface area contributed by atoms with Crippen molar-refractivity contribution in [1.82, 2.24) is 5.32 Å². The van der Waals surface area contributed by atoms with Gasteiger partial charge in [0.25, 0.3) is 0 Å². The van der Waals surface area contributed by atoms with E-state index in [1.807, 2.05) is 19.1 Å². The summed E-state index contributed by atoms with van der Waals surface area (Å²) >= 11 is 0. The van der Waals surface area contributed by atoms with Crippen LogP contribution in [0.25, 0.3) is 0 Å². The minimum atomic E-state index is -1.51. The summed E-state index contributed by atoms with van der Waals surface area (Å²) < 4.78 is 10.5. The van der Waals surface area contributed by atoms with Gasteiger partial charge in [-0.05, 0) is 24.6 Å². The number of aliphatic hydroxyl groups is 1. The van der Waals surface area contributed by atoms with Crippen molar-refractivity contribution >= 4 is 11.8 Å². The smallest absolute Gasteiger partial charge is 0.404 e. The van der Waals surface area contributed by atoms with Crippen molar-refractivity contribution in [3.63, 3.8) is 0 Å². The third kappa shape index (κ3) is 2.06. The third-order valence-corrected chi connectivity index (χ3v) is 4.74. The average molecular weight is 321 g/mol. The Morgan fingerprint density at radius 1 is 1.61 bits per heavy atom. The number of rotatable bonds is 3. The highest BCUT2D eigenvalue weighted by molar-refractivity contribution is 5.67. The van der Waals surface area contributed by atoms with Crippen molar-refractivity contribution in [2.45, 2.75) is 30.7 Å². The van der Waals surface area contributed by atoms with Crippen LogP contribution >= 0.6 is 0 Å². The molecule has 3 aliphatic heterocycles. The van der Waals surface area contributed by atoms with Crippen LogP contribution in [0.4, 0.5) is 10.5 Å². The number of hydroxylamine groups is 1. The van der Waals surface area contributed by atoms with E-state index in [4.69, 9.17) is 20.0 Å². The number of carbonyl (C=O) groups is 1. The summed E-state index contributed by atoms with van der Waals surface area (Å²) in [5.41, 5.74) is 7.69. The fraction of sp³-hybridized carbons (Fsp3) is 0.533. The number of hydrogen-bond acceptors (Lipinski definition) is 7. The molecule has 4 N–H and O–H groups in total. The molecule has 0 spiro atoms. The van der Waals surface area contributed by atoms with Crippen molar-refractivity contribution < 1.29 is 24.2 Å². The minimum Gasteiger partial charge on any atom is -0.496 e.